The number of amides is 2. The number of carbonyl (C=O) groups excluding carboxylic acids is 2. The first-order valence-corrected chi connectivity index (χ1v) is 17.9. The quantitative estimate of drug-likeness (QED) is 0.0836. The first kappa shape index (κ1) is 38.1. The number of rotatable bonds is 22. The van der Waals surface area contributed by atoms with E-state index in [1.165, 1.54) is 65.2 Å². The Hall–Kier alpha value is -4.32. The topological polar surface area (TPSA) is 76.7 Å². The molecule has 3 aromatic rings. The molecule has 0 bridgehead atoms. The van der Waals surface area contributed by atoms with Crippen molar-refractivity contribution in [3.8, 4) is 11.5 Å². The number of benzene rings is 3. The molecule has 0 aliphatic rings. The second-order valence-corrected chi connectivity index (χ2v) is 12.4. The van der Waals surface area contributed by atoms with E-state index in [0.717, 1.165) is 70.8 Å². The van der Waals surface area contributed by atoms with Crippen LogP contribution in [0.1, 0.15) is 127 Å². The van der Waals surface area contributed by atoms with E-state index in [1.54, 1.807) is 0 Å². The SMILES string of the molecule is CCCCCCCCOc1cc(C=Cc2ccc(NC(C)=O)cc2)c(OCCCCCCCC)cc1C=Cc1ccc(NC(C)=O)cc1. The fourth-order valence-electron chi connectivity index (χ4n) is 5.36. The molecule has 0 spiro atoms. The zero-order valence-electron chi connectivity index (χ0n) is 29.6. The first-order valence-electron chi connectivity index (χ1n) is 17.9. The number of carbonyl (C=O) groups is 2. The van der Waals surface area contributed by atoms with Crippen molar-refractivity contribution < 1.29 is 19.1 Å². The molecule has 6 nitrogen and oxygen atoms in total. The van der Waals surface area contributed by atoms with Crippen molar-refractivity contribution >= 4 is 47.5 Å². The lowest BCUT2D eigenvalue weighted by Crippen LogP contribution is -2.05. The van der Waals surface area contributed by atoms with Gasteiger partial charge in [0.25, 0.3) is 0 Å². The lowest BCUT2D eigenvalue weighted by molar-refractivity contribution is -0.115. The third kappa shape index (κ3) is 15.1. The Bertz CT molecular complexity index is 1330. The Balaban J connectivity index is 1.88. The number of anilines is 2. The lowest BCUT2D eigenvalue weighted by Gasteiger charge is -2.16. The monoisotopic (exact) mass is 652 g/mol. The van der Waals surface area contributed by atoms with E-state index in [-0.39, 0.29) is 11.8 Å². The standard InChI is InChI=1S/C42H56N2O4/c1-5-7-9-11-13-15-29-47-41-31-38(24-18-36-21-27-40(28-22-36)44-34(4)46)42(48-30-16-14-12-10-8-6-2)32-37(41)23-17-35-19-25-39(26-20-35)43-33(3)45/h17-28,31-32H,5-16,29-30H2,1-4H3,(H,43,45)(H,44,46). The second kappa shape index (κ2) is 22.3. The van der Waals surface area contributed by atoms with Gasteiger partial charge in [-0.05, 0) is 60.4 Å². The highest BCUT2D eigenvalue weighted by Crippen LogP contribution is 2.33. The van der Waals surface area contributed by atoms with Gasteiger partial charge in [-0.1, -0.05) is 127 Å². The van der Waals surface area contributed by atoms with E-state index in [0.29, 0.717) is 13.2 Å². The molecule has 258 valence electrons. The summed E-state index contributed by atoms with van der Waals surface area (Å²) >= 11 is 0. The number of unbranched alkanes of at least 4 members (excludes halogenated alkanes) is 10. The van der Waals surface area contributed by atoms with Crippen LogP contribution in [0.2, 0.25) is 0 Å². The third-order valence-corrected chi connectivity index (χ3v) is 8.03. The summed E-state index contributed by atoms with van der Waals surface area (Å²) in [6.45, 7) is 8.81. The Morgan fingerprint density at radius 3 is 1.23 bits per heavy atom. The Kier molecular flexibility index (Phi) is 17.7. The molecule has 2 N–H and O–H groups in total. The molecule has 0 radical (unpaired) electrons. The van der Waals surface area contributed by atoms with E-state index < -0.39 is 0 Å². The van der Waals surface area contributed by atoms with Crippen LogP contribution >= 0.6 is 0 Å². The van der Waals surface area contributed by atoms with Gasteiger partial charge < -0.3 is 20.1 Å². The maximum atomic E-state index is 11.4. The summed E-state index contributed by atoms with van der Waals surface area (Å²) in [5.41, 5.74) is 5.51. The van der Waals surface area contributed by atoms with Gasteiger partial charge in [-0.15, -0.1) is 0 Å². The predicted molar refractivity (Wildman–Crippen MR) is 204 cm³/mol. The van der Waals surface area contributed by atoms with Crippen molar-refractivity contribution in [2.75, 3.05) is 23.8 Å². The minimum Gasteiger partial charge on any atom is -0.493 e. The summed E-state index contributed by atoms with van der Waals surface area (Å²) in [7, 11) is 0. The Labute approximate surface area is 289 Å². The van der Waals surface area contributed by atoms with Crippen molar-refractivity contribution in [2.24, 2.45) is 0 Å². The molecule has 0 fully saturated rings. The van der Waals surface area contributed by atoms with Crippen molar-refractivity contribution in [3.05, 3.63) is 82.9 Å². The zero-order chi connectivity index (χ0) is 34.4. The minimum absolute atomic E-state index is 0.0879. The molecule has 3 rings (SSSR count). The van der Waals surface area contributed by atoms with Gasteiger partial charge in [-0.2, -0.15) is 0 Å². The third-order valence-electron chi connectivity index (χ3n) is 8.03. The van der Waals surface area contributed by atoms with Crippen LogP contribution in [0.15, 0.2) is 60.7 Å². The van der Waals surface area contributed by atoms with Gasteiger partial charge in [-0.25, -0.2) is 0 Å². The molecule has 0 aromatic heterocycles. The summed E-state index contributed by atoms with van der Waals surface area (Å²) in [6, 6.07) is 19.8. The average molecular weight is 653 g/mol. The molecule has 0 aliphatic carbocycles. The Morgan fingerprint density at radius 2 is 0.875 bits per heavy atom. The summed E-state index contributed by atoms with van der Waals surface area (Å²) in [4.78, 5) is 22.9. The van der Waals surface area contributed by atoms with E-state index in [4.69, 9.17) is 9.47 Å². The molecule has 48 heavy (non-hydrogen) atoms. The molecule has 2 amide bonds. The summed E-state index contributed by atoms with van der Waals surface area (Å²) < 4.78 is 12.9. The van der Waals surface area contributed by atoms with E-state index in [1.807, 2.05) is 48.5 Å². The van der Waals surface area contributed by atoms with Crippen LogP contribution in [0.5, 0.6) is 11.5 Å². The van der Waals surface area contributed by atoms with Gasteiger partial charge in [-0.3, -0.25) is 9.59 Å². The fourth-order valence-corrected chi connectivity index (χ4v) is 5.36. The highest BCUT2D eigenvalue weighted by atomic mass is 16.5. The molecule has 0 heterocycles. The Morgan fingerprint density at radius 1 is 0.521 bits per heavy atom. The highest BCUT2D eigenvalue weighted by Gasteiger charge is 2.11. The van der Waals surface area contributed by atoms with Crippen LogP contribution in [0.3, 0.4) is 0 Å². The van der Waals surface area contributed by atoms with Crippen LogP contribution in [0.4, 0.5) is 11.4 Å². The van der Waals surface area contributed by atoms with Gasteiger partial charge in [0.15, 0.2) is 0 Å². The van der Waals surface area contributed by atoms with Crippen LogP contribution < -0.4 is 20.1 Å². The van der Waals surface area contributed by atoms with Crippen molar-refractivity contribution in [1.29, 1.82) is 0 Å². The molecule has 0 saturated carbocycles. The summed E-state index contributed by atoms with van der Waals surface area (Å²) in [5.74, 6) is 1.47. The molecule has 0 unspecified atom stereocenters. The van der Waals surface area contributed by atoms with Crippen molar-refractivity contribution in [1.82, 2.24) is 0 Å². The molecule has 0 atom stereocenters. The molecular formula is C42H56N2O4. The highest BCUT2D eigenvalue weighted by molar-refractivity contribution is 5.89. The van der Waals surface area contributed by atoms with E-state index >= 15 is 0 Å². The predicted octanol–water partition coefficient (Wildman–Crippen LogP) is 11.4. The van der Waals surface area contributed by atoms with Crippen molar-refractivity contribution in [2.45, 2.75) is 105 Å². The van der Waals surface area contributed by atoms with Gasteiger partial charge in [0, 0.05) is 36.3 Å². The summed E-state index contributed by atoms with van der Waals surface area (Å²) in [5, 5.41) is 5.65. The molecule has 0 aliphatic heterocycles. The van der Waals surface area contributed by atoms with Gasteiger partial charge in [0.05, 0.1) is 13.2 Å². The van der Waals surface area contributed by atoms with Crippen LogP contribution in [0.25, 0.3) is 24.3 Å². The number of ether oxygens (including phenoxy) is 2. The van der Waals surface area contributed by atoms with Gasteiger partial charge >= 0.3 is 0 Å². The van der Waals surface area contributed by atoms with Gasteiger partial charge in [0.1, 0.15) is 11.5 Å². The molecular weight excluding hydrogens is 596 g/mol. The van der Waals surface area contributed by atoms with Crippen molar-refractivity contribution in [3.63, 3.8) is 0 Å². The maximum absolute atomic E-state index is 11.4. The lowest BCUT2D eigenvalue weighted by atomic mass is 10.0. The van der Waals surface area contributed by atoms with Crippen LogP contribution in [-0.2, 0) is 9.59 Å². The van der Waals surface area contributed by atoms with Crippen LogP contribution in [-0.4, -0.2) is 25.0 Å². The number of nitrogens with one attached hydrogen (secondary N) is 2. The minimum atomic E-state index is -0.0879. The van der Waals surface area contributed by atoms with Crippen LogP contribution in [0, 0.1) is 0 Å². The molecule has 0 saturated heterocycles. The second-order valence-electron chi connectivity index (χ2n) is 12.4. The zero-order valence-corrected chi connectivity index (χ0v) is 29.6. The van der Waals surface area contributed by atoms with E-state index in [9.17, 15) is 9.59 Å². The first-order chi connectivity index (χ1) is 23.4. The molecule has 3 aromatic carbocycles. The van der Waals surface area contributed by atoms with Gasteiger partial charge in [0.2, 0.25) is 11.8 Å². The maximum Gasteiger partial charge on any atom is 0.221 e. The smallest absolute Gasteiger partial charge is 0.221 e. The average Bonchev–Trinajstić information content (AvgIpc) is 3.07. The largest absolute Gasteiger partial charge is 0.493 e. The summed E-state index contributed by atoms with van der Waals surface area (Å²) in [6.07, 6.45) is 22.7. The number of hydrogen-bond donors (Lipinski definition) is 2. The number of hydrogen-bond acceptors (Lipinski definition) is 4. The van der Waals surface area contributed by atoms with E-state index in [2.05, 4.69) is 60.9 Å². The molecule has 6 heteroatoms. The fraction of sp³-hybridized carbons (Fsp3) is 0.429. The normalized spacial score (nSPS) is 11.2.